The van der Waals surface area contributed by atoms with E-state index in [0.717, 1.165) is 25.4 Å². The van der Waals surface area contributed by atoms with E-state index in [1.54, 1.807) is 6.20 Å². The van der Waals surface area contributed by atoms with Gasteiger partial charge in [0.15, 0.2) is 0 Å². The molecule has 0 spiro atoms. The van der Waals surface area contributed by atoms with Gasteiger partial charge in [0, 0.05) is 31.2 Å². The molecule has 2 aliphatic rings. The molecule has 2 saturated heterocycles. The quantitative estimate of drug-likeness (QED) is 0.878. The number of hydrogen-bond donors (Lipinski definition) is 1. The largest absolute Gasteiger partial charge is 0.492 e. The Hall–Kier alpha value is -1.29. The molecule has 4 nitrogen and oxygen atoms in total. The molecular weight excluding hydrogens is 226 g/mol. The summed E-state index contributed by atoms with van der Waals surface area (Å²) in [5.74, 6) is 1.43. The van der Waals surface area contributed by atoms with E-state index in [-0.39, 0.29) is 0 Å². The fourth-order valence-corrected chi connectivity index (χ4v) is 2.78. The van der Waals surface area contributed by atoms with E-state index in [1.807, 2.05) is 6.20 Å². The number of ether oxygens (including phenoxy) is 1. The average Bonchev–Trinajstić information content (AvgIpc) is 2.99. The van der Waals surface area contributed by atoms with Crippen molar-refractivity contribution in [3.8, 4) is 5.75 Å². The van der Waals surface area contributed by atoms with E-state index < -0.39 is 0 Å². The summed E-state index contributed by atoms with van der Waals surface area (Å²) in [6.45, 7) is 7.26. The van der Waals surface area contributed by atoms with E-state index in [2.05, 4.69) is 35.1 Å². The van der Waals surface area contributed by atoms with Crippen LogP contribution in [-0.4, -0.2) is 36.8 Å². The molecule has 2 bridgehead atoms. The van der Waals surface area contributed by atoms with Gasteiger partial charge in [0.1, 0.15) is 5.75 Å². The second-order valence-electron chi connectivity index (χ2n) is 5.73. The first-order chi connectivity index (χ1) is 8.72. The summed E-state index contributed by atoms with van der Waals surface area (Å²) in [4.78, 5) is 6.76. The number of nitrogens with zero attached hydrogens (tertiary/aromatic N) is 2. The van der Waals surface area contributed by atoms with Gasteiger partial charge in [0.25, 0.3) is 0 Å². The maximum Gasteiger partial charge on any atom is 0.139 e. The van der Waals surface area contributed by atoms with Crippen LogP contribution in [0.1, 0.15) is 20.3 Å². The third-order valence-electron chi connectivity index (χ3n) is 3.67. The Labute approximate surface area is 108 Å². The molecule has 1 aromatic rings. The van der Waals surface area contributed by atoms with E-state index in [9.17, 15) is 0 Å². The van der Waals surface area contributed by atoms with Crippen LogP contribution in [0.2, 0.25) is 0 Å². The first-order valence-corrected chi connectivity index (χ1v) is 6.80. The van der Waals surface area contributed by atoms with Crippen molar-refractivity contribution in [3.05, 3.63) is 18.5 Å². The van der Waals surface area contributed by atoms with Crippen LogP contribution in [0.15, 0.2) is 18.5 Å². The zero-order valence-corrected chi connectivity index (χ0v) is 11.1. The van der Waals surface area contributed by atoms with Gasteiger partial charge in [0.05, 0.1) is 24.7 Å². The molecule has 0 amide bonds. The fourth-order valence-electron chi connectivity index (χ4n) is 2.78. The van der Waals surface area contributed by atoms with Crippen molar-refractivity contribution in [1.29, 1.82) is 0 Å². The lowest BCUT2D eigenvalue weighted by molar-refractivity contribution is 0.270. The van der Waals surface area contributed by atoms with Gasteiger partial charge in [-0.25, -0.2) is 0 Å². The highest BCUT2D eigenvalue weighted by atomic mass is 16.5. The zero-order chi connectivity index (χ0) is 12.5. The zero-order valence-electron chi connectivity index (χ0n) is 11.1. The van der Waals surface area contributed by atoms with E-state index in [1.165, 1.54) is 12.1 Å². The molecule has 1 aromatic heterocycles. The molecule has 1 N–H and O–H groups in total. The van der Waals surface area contributed by atoms with Gasteiger partial charge < -0.3 is 15.0 Å². The van der Waals surface area contributed by atoms with E-state index in [4.69, 9.17) is 4.74 Å². The highest BCUT2D eigenvalue weighted by Crippen LogP contribution is 2.30. The normalized spacial score (nSPS) is 26.1. The van der Waals surface area contributed by atoms with Crippen LogP contribution in [0, 0.1) is 5.92 Å². The van der Waals surface area contributed by atoms with Gasteiger partial charge in [-0.2, -0.15) is 0 Å². The molecule has 2 aliphatic heterocycles. The summed E-state index contributed by atoms with van der Waals surface area (Å²) in [5.41, 5.74) is 1.20. The molecule has 98 valence electrons. The summed E-state index contributed by atoms with van der Waals surface area (Å²) in [6.07, 6.45) is 5.01. The number of aromatic nitrogens is 1. The highest BCUT2D eigenvalue weighted by Gasteiger charge is 2.37. The molecule has 0 aromatic carbocycles. The summed E-state index contributed by atoms with van der Waals surface area (Å²) >= 11 is 0. The minimum Gasteiger partial charge on any atom is -0.492 e. The lowest BCUT2D eigenvalue weighted by Crippen LogP contribution is -2.43. The molecule has 2 atom stereocenters. The van der Waals surface area contributed by atoms with Crippen LogP contribution in [0.5, 0.6) is 5.75 Å². The van der Waals surface area contributed by atoms with Crippen LogP contribution in [0.3, 0.4) is 0 Å². The van der Waals surface area contributed by atoms with Crippen molar-refractivity contribution in [2.75, 3.05) is 24.6 Å². The molecule has 3 heterocycles. The number of pyridine rings is 1. The van der Waals surface area contributed by atoms with Crippen molar-refractivity contribution in [2.24, 2.45) is 5.92 Å². The molecule has 0 saturated carbocycles. The Morgan fingerprint density at radius 3 is 3.06 bits per heavy atom. The Kier molecular flexibility index (Phi) is 3.12. The Morgan fingerprint density at radius 1 is 1.50 bits per heavy atom. The van der Waals surface area contributed by atoms with E-state index >= 15 is 0 Å². The van der Waals surface area contributed by atoms with Crippen molar-refractivity contribution in [1.82, 2.24) is 10.3 Å². The SMILES string of the molecule is CC(C)COc1cncc(N2C[C@@H]3C[C@H]2CN3)c1. The number of piperazine rings is 1. The van der Waals surface area contributed by atoms with Crippen molar-refractivity contribution in [3.63, 3.8) is 0 Å². The van der Waals surface area contributed by atoms with Gasteiger partial charge in [-0.05, 0) is 12.3 Å². The van der Waals surface area contributed by atoms with Crippen LogP contribution in [0.25, 0.3) is 0 Å². The smallest absolute Gasteiger partial charge is 0.139 e. The molecular formula is C14H21N3O. The minimum absolute atomic E-state index is 0.542. The summed E-state index contributed by atoms with van der Waals surface area (Å²) < 4.78 is 5.74. The molecule has 4 heteroatoms. The second kappa shape index (κ2) is 4.76. The molecule has 0 unspecified atom stereocenters. The van der Waals surface area contributed by atoms with Crippen LogP contribution < -0.4 is 15.0 Å². The Bertz CT molecular complexity index is 421. The number of anilines is 1. The summed E-state index contributed by atoms with van der Waals surface area (Å²) in [7, 11) is 0. The Morgan fingerprint density at radius 2 is 2.39 bits per heavy atom. The molecule has 0 aliphatic carbocycles. The van der Waals surface area contributed by atoms with Crippen LogP contribution in [0.4, 0.5) is 5.69 Å². The second-order valence-corrected chi connectivity index (χ2v) is 5.73. The van der Waals surface area contributed by atoms with E-state index in [0.29, 0.717) is 18.0 Å². The molecule has 2 fully saturated rings. The summed E-state index contributed by atoms with van der Waals surface area (Å²) in [6, 6.07) is 3.42. The summed E-state index contributed by atoms with van der Waals surface area (Å²) in [5, 5.41) is 3.52. The molecule has 18 heavy (non-hydrogen) atoms. The highest BCUT2D eigenvalue weighted by molar-refractivity contribution is 5.51. The van der Waals surface area contributed by atoms with Gasteiger partial charge >= 0.3 is 0 Å². The average molecular weight is 247 g/mol. The molecule has 0 radical (unpaired) electrons. The fraction of sp³-hybridized carbons (Fsp3) is 0.643. The maximum atomic E-state index is 5.74. The predicted molar refractivity (Wildman–Crippen MR) is 72.1 cm³/mol. The topological polar surface area (TPSA) is 37.4 Å². The van der Waals surface area contributed by atoms with Gasteiger partial charge in [-0.15, -0.1) is 0 Å². The number of fused-ring (bicyclic) bond motifs is 2. The number of nitrogens with one attached hydrogen (secondary N) is 1. The first-order valence-electron chi connectivity index (χ1n) is 6.80. The van der Waals surface area contributed by atoms with Gasteiger partial charge in [-0.3, -0.25) is 4.98 Å². The lowest BCUT2D eigenvalue weighted by atomic mass is 10.2. The minimum atomic E-state index is 0.542. The number of hydrogen-bond acceptors (Lipinski definition) is 4. The maximum absolute atomic E-state index is 5.74. The third-order valence-corrected chi connectivity index (χ3v) is 3.67. The van der Waals surface area contributed by atoms with Crippen LogP contribution in [-0.2, 0) is 0 Å². The third kappa shape index (κ3) is 2.29. The monoisotopic (exact) mass is 247 g/mol. The first kappa shape index (κ1) is 11.8. The van der Waals surface area contributed by atoms with Gasteiger partial charge in [-0.1, -0.05) is 13.8 Å². The standard InChI is InChI=1S/C14H21N3O/c1-10(2)9-18-14-4-13(5-15-7-14)17-8-11-3-12(17)6-16-11/h4-5,7,10-12,16H,3,6,8-9H2,1-2H3/t11-,12-/m0/s1. The predicted octanol–water partition coefficient (Wildman–Crippen LogP) is 1.67. The Balaban J connectivity index is 1.71. The number of rotatable bonds is 4. The van der Waals surface area contributed by atoms with Crippen molar-refractivity contribution in [2.45, 2.75) is 32.4 Å². The van der Waals surface area contributed by atoms with Crippen molar-refractivity contribution >= 4 is 5.69 Å². The van der Waals surface area contributed by atoms with Crippen molar-refractivity contribution < 1.29 is 4.74 Å². The lowest BCUT2D eigenvalue weighted by Gasteiger charge is -2.29. The van der Waals surface area contributed by atoms with Crippen LogP contribution >= 0.6 is 0 Å². The molecule has 3 rings (SSSR count). The van der Waals surface area contributed by atoms with Gasteiger partial charge in [0.2, 0.25) is 0 Å².